The number of nitrogens with one attached hydrogen (secondary N) is 1. The first-order valence-electron chi connectivity index (χ1n) is 10.4. The van der Waals surface area contributed by atoms with Gasteiger partial charge in [0.15, 0.2) is 5.01 Å². The summed E-state index contributed by atoms with van der Waals surface area (Å²) in [6.45, 7) is 4.42. The van der Waals surface area contributed by atoms with Crippen LogP contribution in [0.25, 0.3) is 0 Å². The number of thiazole rings is 1. The van der Waals surface area contributed by atoms with E-state index in [0.717, 1.165) is 43.1 Å². The molecule has 2 aliphatic rings. The number of anilines is 1. The lowest BCUT2D eigenvalue weighted by Gasteiger charge is -2.34. The summed E-state index contributed by atoms with van der Waals surface area (Å²) in [6.07, 6.45) is 2.84. The molecule has 0 spiro atoms. The fourth-order valence-electron chi connectivity index (χ4n) is 3.90. The number of aromatic nitrogens is 2. The van der Waals surface area contributed by atoms with Gasteiger partial charge in [-0.2, -0.15) is 0 Å². The zero-order valence-electron chi connectivity index (χ0n) is 17.5. The molecule has 1 N–H and O–H groups in total. The number of hydrogen-bond acceptors (Lipinski definition) is 8. The fourth-order valence-corrected chi connectivity index (χ4v) is 4.83. The van der Waals surface area contributed by atoms with Crippen LogP contribution in [0.2, 0.25) is 0 Å². The SMILES string of the molecule is CN1CCN(c2ccc(CNC(=O)c3nc4c(s3)C(=O)c3ccncc3C4=O)cc2)CC1. The number of ketones is 2. The van der Waals surface area contributed by atoms with Gasteiger partial charge in [-0.15, -0.1) is 11.3 Å². The summed E-state index contributed by atoms with van der Waals surface area (Å²) in [6, 6.07) is 9.65. The van der Waals surface area contributed by atoms with Gasteiger partial charge in [0.25, 0.3) is 5.91 Å². The molecule has 1 aliphatic heterocycles. The van der Waals surface area contributed by atoms with Crippen molar-refractivity contribution in [1.82, 2.24) is 20.2 Å². The van der Waals surface area contributed by atoms with Crippen LogP contribution in [0.5, 0.6) is 0 Å². The van der Waals surface area contributed by atoms with Crippen molar-refractivity contribution in [3.05, 3.63) is 75.0 Å². The maximum absolute atomic E-state index is 12.7. The summed E-state index contributed by atoms with van der Waals surface area (Å²) < 4.78 is 0. The third-order valence-corrected chi connectivity index (χ3v) is 6.86. The van der Waals surface area contributed by atoms with Gasteiger partial charge >= 0.3 is 0 Å². The number of carbonyl (C=O) groups is 3. The zero-order valence-corrected chi connectivity index (χ0v) is 18.3. The number of piperazine rings is 1. The van der Waals surface area contributed by atoms with Gasteiger partial charge in [-0.3, -0.25) is 19.4 Å². The lowest BCUT2D eigenvalue weighted by molar-refractivity contribution is 0.0949. The number of nitrogens with zero attached hydrogens (tertiary/aromatic N) is 4. The van der Waals surface area contributed by atoms with E-state index < -0.39 is 5.91 Å². The van der Waals surface area contributed by atoms with Gasteiger partial charge in [-0.05, 0) is 30.8 Å². The molecule has 0 unspecified atom stereocenters. The molecule has 9 heteroatoms. The van der Waals surface area contributed by atoms with Crippen LogP contribution in [-0.2, 0) is 6.54 Å². The smallest absolute Gasteiger partial charge is 0.280 e. The van der Waals surface area contributed by atoms with Gasteiger partial charge in [-0.25, -0.2) is 4.98 Å². The lowest BCUT2D eigenvalue weighted by Crippen LogP contribution is -2.44. The minimum absolute atomic E-state index is 0.0298. The summed E-state index contributed by atoms with van der Waals surface area (Å²) in [7, 11) is 2.13. The molecule has 2 aromatic heterocycles. The highest BCUT2D eigenvalue weighted by Crippen LogP contribution is 2.30. The number of carbonyl (C=O) groups excluding carboxylic acids is 3. The molecule has 5 rings (SSSR count). The molecule has 3 aromatic rings. The highest BCUT2D eigenvalue weighted by molar-refractivity contribution is 7.16. The fraction of sp³-hybridized carbons (Fsp3) is 0.261. The number of amides is 1. The number of hydrogen-bond donors (Lipinski definition) is 1. The maximum atomic E-state index is 12.7. The Morgan fingerprint density at radius 2 is 1.78 bits per heavy atom. The van der Waals surface area contributed by atoms with Gasteiger partial charge in [-0.1, -0.05) is 12.1 Å². The van der Waals surface area contributed by atoms with Crippen molar-refractivity contribution in [2.75, 3.05) is 38.1 Å². The molecule has 1 saturated heterocycles. The Kier molecular flexibility index (Phi) is 5.28. The van der Waals surface area contributed by atoms with E-state index in [1.807, 2.05) is 12.1 Å². The minimum Gasteiger partial charge on any atom is -0.369 e. The zero-order chi connectivity index (χ0) is 22.2. The van der Waals surface area contributed by atoms with Crippen molar-refractivity contribution in [3.8, 4) is 0 Å². The standard InChI is InChI=1S/C23H21N5O3S/c1-27-8-10-28(11-9-27)15-4-2-14(3-5-15)12-25-22(31)23-26-18-19(29)17-13-24-7-6-16(17)20(30)21(18)32-23/h2-7,13H,8-12H2,1H3,(H,25,31). The second kappa shape index (κ2) is 8.25. The number of likely N-dealkylation sites (N-methyl/N-ethyl adjacent to an activating group) is 1. The van der Waals surface area contributed by atoms with E-state index in [-0.39, 0.29) is 32.7 Å². The Bertz CT molecular complexity index is 1160. The minimum atomic E-state index is -0.407. The molecule has 1 amide bonds. The van der Waals surface area contributed by atoms with Crippen LogP contribution >= 0.6 is 11.3 Å². The van der Waals surface area contributed by atoms with Crippen molar-refractivity contribution < 1.29 is 14.4 Å². The Morgan fingerprint density at radius 1 is 1.03 bits per heavy atom. The summed E-state index contributed by atoms with van der Waals surface area (Å²) in [5.41, 5.74) is 2.69. The van der Waals surface area contributed by atoms with Gasteiger partial charge in [0.05, 0.1) is 5.56 Å². The summed E-state index contributed by atoms with van der Waals surface area (Å²) in [5, 5.41) is 2.94. The van der Waals surface area contributed by atoms with Crippen LogP contribution in [0, 0.1) is 0 Å². The van der Waals surface area contributed by atoms with Crippen LogP contribution in [0.15, 0.2) is 42.7 Å². The predicted molar refractivity (Wildman–Crippen MR) is 121 cm³/mol. The Labute approximate surface area is 188 Å². The summed E-state index contributed by atoms with van der Waals surface area (Å²) in [4.78, 5) is 51.0. The van der Waals surface area contributed by atoms with E-state index in [1.165, 1.54) is 24.1 Å². The van der Waals surface area contributed by atoms with Gasteiger partial charge in [0, 0.05) is 56.4 Å². The molecule has 8 nitrogen and oxygen atoms in total. The molecular formula is C23H21N5O3S. The van der Waals surface area contributed by atoms with Crippen LogP contribution < -0.4 is 10.2 Å². The predicted octanol–water partition coefficient (Wildman–Crippen LogP) is 2.00. The third-order valence-electron chi connectivity index (χ3n) is 5.81. The van der Waals surface area contributed by atoms with E-state index in [9.17, 15) is 14.4 Å². The molecule has 0 radical (unpaired) electrons. The Morgan fingerprint density at radius 3 is 2.53 bits per heavy atom. The molecule has 3 heterocycles. The van der Waals surface area contributed by atoms with E-state index in [2.05, 4.69) is 44.3 Å². The molecule has 0 bridgehead atoms. The van der Waals surface area contributed by atoms with Crippen molar-refractivity contribution in [2.45, 2.75) is 6.54 Å². The lowest BCUT2D eigenvalue weighted by atomic mass is 9.93. The van der Waals surface area contributed by atoms with Crippen LogP contribution in [0.4, 0.5) is 5.69 Å². The van der Waals surface area contributed by atoms with Crippen molar-refractivity contribution in [2.24, 2.45) is 0 Å². The second-order valence-corrected chi connectivity index (χ2v) is 8.91. The second-order valence-electron chi connectivity index (χ2n) is 7.92. The molecule has 1 fully saturated rings. The quantitative estimate of drug-likeness (QED) is 0.511. The van der Waals surface area contributed by atoms with Crippen molar-refractivity contribution >= 4 is 34.5 Å². The average molecular weight is 448 g/mol. The highest BCUT2D eigenvalue weighted by atomic mass is 32.1. The van der Waals surface area contributed by atoms with Crippen molar-refractivity contribution in [1.29, 1.82) is 0 Å². The third kappa shape index (κ3) is 3.69. The van der Waals surface area contributed by atoms with Crippen LogP contribution in [-0.4, -0.2) is 65.6 Å². The van der Waals surface area contributed by atoms with E-state index in [1.54, 1.807) is 0 Å². The topological polar surface area (TPSA) is 95.5 Å². The first-order chi connectivity index (χ1) is 15.5. The maximum Gasteiger partial charge on any atom is 0.280 e. The van der Waals surface area contributed by atoms with E-state index in [4.69, 9.17) is 0 Å². The van der Waals surface area contributed by atoms with Crippen LogP contribution in [0.3, 0.4) is 0 Å². The molecule has 1 aromatic carbocycles. The van der Waals surface area contributed by atoms with E-state index in [0.29, 0.717) is 12.1 Å². The normalized spacial score (nSPS) is 16.0. The summed E-state index contributed by atoms with van der Waals surface area (Å²) in [5.74, 6) is -1.08. The number of rotatable bonds is 4. The Hall–Kier alpha value is -3.43. The molecule has 0 saturated carbocycles. The summed E-state index contributed by atoms with van der Waals surface area (Å²) >= 11 is 0.951. The largest absolute Gasteiger partial charge is 0.369 e. The number of benzene rings is 1. The van der Waals surface area contributed by atoms with Crippen molar-refractivity contribution in [3.63, 3.8) is 0 Å². The van der Waals surface area contributed by atoms with Gasteiger partial charge in [0.2, 0.25) is 11.6 Å². The van der Waals surface area contributed by atoms with Gasteiger partial charge in [0.1, 0.15) is 10.6 Å². The first-order valence-corrected chi connectivity index (χ1v) is 11.2. The molecule has 1 aliphatic carbocycles. The Balaban J connectivity index is 1.26. The highest BCUT2D eigenvalue weighted by Gasteiger charge is 2.34. The number of pyridine rings is 1. The number of fused-ring (bicyclic) bond motifs is 2. The van der Waals surface area contributed by atoms with Gasteiger partial charge < -0.3 is 15.1 Å². The molecule has 0 atom stereocenters. The van der Waals surface area contributed by atoms with Crippen LogP contribution in [0.1, 0.15) is 46.7 Å². The first kappa shape index (κ1) is 20.5. The molecule has 162 valence electrons. The monoisotopic (exact) mass is 447 g/mol. The average Bonchev–Trinajstić information content (AvgIpc) is 3.28. The molecular weight excluding hydrogens is 426 g/mol. The van der Waals surface area contributed by atoms with E-state index >= 15 is 0 Å². The molecule has 32 heavy (non-hydrogen) atoms.